The number of aromatic amines is 1. The van der Waals surface area contributed by atoms with Crippen molar-refractivity contribution in [3.63, 3.8) is 0 Å². The molecule has 3 rings (SSSR count). The second kappa shape index (κ2) is 4.97. The highest BCUT2D eigenvalue weighted by Crippen LogP contribution is 2.29. The second-order valence-electron chi connectivity index (χ2n) is 5.31. The molecule has 0 bridgehead atoms. The monoisotopic (exact) mass is 262 g/mol. The minimum atomic E-state index is 1.03. The van der Waals surface area contributed by atoms with Gasteiger partial charge in [-0.1, -0.05) is 47.5 Å². The quantitative estimate of drug-likeness (QED) is 0.714. The fourth-order valence-electron chi connectivity index (χ4n) is 2.55. The van der Waals surface area contributed by atoms with Crippen molar-refractivity contribution < 1.29 is 0 Å². The summed E-state index contributed by atoms with van der Waals surface area (Å²) in [5.74, 6) is 0. The number of aromatic nitrogens is 2. The van der Waals surface area contributed by atoms with Gasteiger partial charge < -0.3 is 0 Å². The number of aryl methyl sites for hydroxylation is 2. The van der Waals surface area contributed by atoms with Crippen molar-refractivity contribution in [2.45, 2.75) is 20.8 Å². The molecule has 0 aliphatic carbocycles. The second-order valence-corrected chi connectivity index (χ2v) is 5.31. The Kier molecular flexibility index (Phi) is 3.15. The summed E-state index contributed by atoms with van der Waals surface area (Å²) in [4.78, 5) is 0. The first-order valence-corrected chi connectivity index (χ1v) is 6.84. The Morgan fingerprint density at radius 2 is 1.40 bits per heavy atom. The van der Waals surface area contributed by atoms with Gasteiger partial charge in [-0.2, -0.15) is 5.10 Å². The lowest BCUT2D eigenvalue weighted by Gasteiger charge is -2.03. The van der Waals surface area contributed by atoms with E-state index in [0.717, 1.165) is 17.0 Å². The Balaban J connectivity index is 2.09. The van der Waals surface area contributed by atoms with E-state index in [-0.39, 0.29) is 0 Å². The fourth-order valence-corrected chi connectivity index (χ4v) is 2.55. The molecule has 2 aromatic carbocycles. The topological polar surface area (TPSA) is 28.7 Å². The van der Waals surface area contributed by atoms with E-state index in [2.05, 4.69) is 79.5 Å². The van der Waals surface area contributed by atoms with Crippen LogP contribution in [0.3, 0.4) is 0 Å². The fraction of sp³-hybridized carbons (Fsp3) is 0.167. The minimum absolute atomic E-state index is 1.03. The van der Waals surface area contributed by atoms with Crippen LogP contribution in [0.5, 0.6) is 0 Å². The van der Waals surface area contributed by atoms with Crippen LogP contribution in [0.2, 0.25) is 0 Å². The summed E-state index contributed by atoms with van der Waals surface area (Å²) < 4.78 is 0. The number of benzene rings is 2. The Morgan fingerprint density at radius 3 is 2.05 bits per heavy atom. The highest BCUT2D eigenvalue weighted by molar-refractivity contribution is 5.74. The zero-order valence-corrected chi connectivity index (χ0v) is 12.1. The van der Waals surface area contributed by atoms with Gasteiger partial charge in [-0.3, -0.25) is 5.10 Å². The van der Waals surface area contributed by atoms with Crippen LogP contribution >= 0.6 is 0 Å². The Bertz CT molecular complexity index is 691. The average molecular weight is 262 g/mol. The maximum Gasteiger partial charge on any atom is 0.0956 e. The molecule has 0 radical (unpaired) electrons. The van der Waals surface area contributed by atoms with Gasteiger partial charge in [-0.15, -0.1) is 0 Å². The molecule has 20 heavy (non-hydrogen) atoms. The molecule has 0 saturated carbocycles. The molecule has 0 aliphatic heterocycles. The van der Waals surface area contributed by atoms with Gasteiger partial charge in [0.2, 0.25) is 0 Å². The van der Waals surface area contributed by atoms with E-state index in [0.29, 0.717) is 0 Å². The van der Waals surface area contributed by atoms with Gasteiger partial charge >= 0.3 is 0 Å². The molecule has 0 amide bonds. The Labute approximate surface area is 119 Å². The van der Waals surface area contributed by atoms with Gasteiger partial charge in [0.05, 0.1) is 11.4 Å². The van der Waals surface area contributed by atoms with Crippen LogP contribution in [0.1, 0.15) is 16.7 Å². The summed E-state index contributed by atoms with van der Waals surface area (Å²) in [6.07, 6.45) is 0. The van der Waals surface area contributed by atoms with Crippen molar-refractivity contribution in [2.75, 3.05) is 0 Å². The van der Waals surface area contributed by atoms with Gasteiger partial charge in [0.1, 0.15) is 0 Å². The van der Waals surface area contributed by atoms with Crippen LogP contribution in [0.4, 0.5) is 0 Å². The van der Waals surface area contributed by atoms with E-state index >= 15 is 0 Å². The first kappa shape index (κ1) is 12.7. The lowest BCUT2D eigenvalue weighted by molar-refractivity contribution is 1.10. The van der Waals surface area contributed by atoms with Gasteiger partial charge in [-0.05, 0) is 32.9 Å². The number of rotatable bonds is 2. The highest BCUT2D eigenvalue weighted by Gasteiger charge is 2.12. The van der Waals surface area contributed by atoms with E-state index in [1.165, 1.54) is 22.3 Å². The van der Waals surface area contributed by atoms with Gasteiger partial charge in [0.15, 0.2) is 0 Å². The zero-order valence-electron chi connectivity index (χ0n) is 12.1. The summed E-state index contributed by atoms with van der Waals surface area (Å²) in [5, 5.41) is 7.69. The van der Waals surface area contributed by atoms with Gasteiger partial charge in [0, 0.05) is 16.7 Å². The molecular formula is C18H18N2. The molecule has 1 aromatic heterocycles. The van der Waals surface area contributed by atoms with Crippen LogP contribution in [-0.2, 0) is 0 Å². The molecule has 0 fully saturated rings. The molecule has 0 spiro atoms. The van der Waals surface area contributed by atoms with E-state index < -0.39 is 0 Å². The molecule has 2 nitrogen and oxygen atoms in total. The predicted octanol–water partition coefficient (Wildman–Crippen LogP) is 4.67. The molecule has 0 unspecified atom stereocenters. The largest absolute Gasteiger partial charge is 0.277 e. The third-order valence-electron chi connectivity index (χ3n) is 3.61. The SMILES string of the molecule is Cc1cccc(-c2n[nH]c(-c3cccc(C)c3)c2C)c1. The first-order chi connectivity index (χ1) is 9.65. The average Bonchev–Trinajstić information content (AvgIpc) is 2.80. The molecule has 100 valence electrons. The Morgan fingerprint density at radius 1 is 0.800 bits per heavy atom. The number of hydrogen-bond acceptors (Lipinski definition) is 1. The highest BCUT2D eigenvalue weighted by atomic mass is 15.1. The minimum Gasteiger partial charge on any atom is -0.277 e. The summed E-state index contributed by atoms with van der Waals surface area (Å²) in [6, 6.07) is 16.9. The number of nitrogens with zero attached hydrogens (tertiary/aromatic N) is 1. The molecule has 0 saturated heterocycles. The predicted molar refractivity (Wildman–Crippen MR) is 83.7 cm³/mol. The molecule has 1 N–H and O–H groups in total. The van der Waals surface area contributed by atoms with Crippen molar-refractivity contribution in [3.05, 3.63) is 65.2 Å². The van der Waals surface area contributed by atoms with Crippen LogP contribution in [-0.4, -0.2) is 10.2 Å². The van der Waals surface area contributed by atoms with Crippen LogP contribution in [0, 0.1) is 20.8 Å². The molecular weight excluding hydrogens is 244 g/mol. The van der Waals surface area contributed by atoms with Crippen LogP contribution in [0.15, 0.2) is 48.5 Å². The molecule has 2 heteroatoms. The van der Waals surface area contributed by atoms with E-state index in [1.54, 1.807) is 0 Å². The molecule has 1 heterocycles. The maximum absolute atomic E-state index is 4.51. The lowest BCUT2D eigenvalue weighted by Crippen LogP contribution is -1.84. The van der Waals surface area contributed by atoms with Gasteiger partial charge in [-0.25, -0.2) is 0 Å². The van der Waals surface area contributed by atoms with Crippen molar-refractivity contribution in [1.29, 1.82) is 0 Å². The van der Waals surface area contributed by atoms with Crippen molar-refractivity contribution in [2.24, 2.45) is 0 Å². The van der Waals surface area contributed by atoms with Crippen molar-refractivity contribution in [3.8, 4) is 22.5 Å². The van der Waals surface area contributed by atoms with Crippen LogP contribution < -0.4 is 0 Å². The smallest absolute Gasteiger partial charge is 0.0956 e. The zero-order chi connectivity index (χ0) is 14.1. The number of H-pyrrole nitrogens is 1. The van der Waals surface area contributed by atoms with E-state index in [9.17, 15) is 0 Å². The first-order valence-electron chi connectivity index (χ1n) is 6.84. The number of hydrogen-bond donors (Lipinski definition) is 1. The van der Waals surface area contributed by atoms with Gasteiger partial charge in [0.25, 0.3) is 0 Å². The molecule has 0 atom stereocenters. The molecule has 0 aliphatic rings. The third-order valence-corrected chi connectivity index (χ3v) is 3.61. The van der Waals surface area contributed by atoms with E-state index in [4.69, 9.17) is 0 Å². The summed E-state index contributed by atoms with van der Waals surface area (Å²) in [5.41, 5.74) is 8.19. The third kappa shape index (κ3) is 2.25. The van der Waals surface area contributed by atoms with Crippen LogP contribution in [0.25, 0.3) is 22.5 Å². The van der Waals surface area contributed by atoms with Crippen molar-refractivity contribution in [1.82, 2.24) is 10.2 Å². The maximum atomic E-state index is 4.51. The van der Waals surface area contributed by atoms with E-state index in [1.807, 2.05) is 0 Å². The Hall–Kier alpha value is -2.35. The van der Waals surface area contributed by atoms with Crippen molar-refractivity contribution >= 4 is 0 Å². The normalized spacial score (nSPS) is 10.8. The molecule has 3 aromatic rings. The summed E-state index contributed by atoms with van der Waals surface area (Å²) >= 11 is 0. The summed E-state index contributed by atoms with van der Waals surface area (Å²) in [7, 11) is 0. The number of nitrogens with one attached hydrogen (secondary N) is 1. The lowest BCUT2D eigenvalue weighted by atomic mass is 10.0. The summed E-state index contributed by atoms with van der Waals surface area (Å²) in [6.45, 7) is 6.34. The standard InChI is InChI=1S/C18H18N2/c1-12-6-4-8-15(10-12)17-14(3)18(20-19-17)16-9-5-7-13(2)11-16/h4-11H,1-3H3,(H,19,20).